The second-order valence-electron chi connectivity index (χ2n) is 5.44. The van der Waals surface area contributed by atoms with E-state index in [1.807, 2.05) is 0 Å². The summed E-state index contributed by atoms with van der Waals surface area (Å²) in [4.78, 5) is 4.49. The zero-order valence-corrected chi connectivity index (χ0v) is 11.4. The largest absolute Gasteiger partial charge is 0.382 e. The van der Waals surface area contributed by atoms with Gasteiger partial charge in [0.05, 0.1) is 15.2 Å². The van der Waals surface area contributed by atoms with E-state index in [1.54, 1.807) is 11.3 Å². The smallest absolute Gasteiger partial charge is 0.0907 e. The lowest BCUT2D eigenvalue weighted by Crippen LogP contribution is -2.24. The fourth-order valence-electron chi connectivity index (χ4n) is 2.18. The van der Waals surface area contributed by atoms with Crippen LogP contribution in [0.5, 0.6) is 0 Å². The Kier molecular flexibility index (Phi) is 2.40. The van der Waals surface area contributed by atoms with Crippen LogP contribution in [0.15, 0.2) is 18.2 Å². The van der Waals surface area contributed by atoms with Crippen molar-refractivity contribution in [3.63, 3.8) is 0 Å². The molecule has 1 saturated carbocycles. The molecule has 0 saturated heterocycles. The number of rotatable bonds is 3. The fraction of sp³-hybridized carbons (Fsp3) is 0.500. The van der Waals surface area contributed by atoms with Gasteiger partial charge in [-0.05, 0) is 50.3 Å². The van der Waals surface area contributed by atoms with Gasteiger partial charge in [-0.3, -0.25) is 0 Å². The number of hydrogen-bond acceptors (Lipinski definition) is 3. The second-order valence-corrected chi connectivity index (χ2v) is 6.67. The molecule has 1 aromatic carbocycles. The van der Waals surface area contributed by atoms with Crippen LogP contribution in [0.4, 0.5) is 5.69 Å². The van der Waals surface area contributed by atoms with Gasteiger partial charge in [0.25, 0.3) is 0 Å². The number of nitrogens with one attached hydrogen (secondary N) is 1. The zero-order chi connectivity index (χ0) is 12.0. The number of hydrogen-bond donors (Lipinski definition) is 1. The molecule has 0 radical (unpaired) electrons. The molecule has 2 nitrogen and oxygen atoms in total. The Morgan fingerprint density at radius 3 is 2.88 bits per heavy atom. The van der Waals surface area contributed by atoms with Gasteiger partial charge in [0.1, 0.15) is 0 Å². The lowest BCUT2D eigenvalue weighted by atomic mass is 10.0. The Morgan fingerprint density at radius 2 is 2.18 bits per heavy atom. The van der Waals surface area contributed by atoms with Crippen molar-refractivity contribution in [3.05, 3.63) is 23.2 Å². The average molecular weight is 246 g/mol. The molecule has 0 bridgehead atoms. The molecule has 3 rings (SSSR count). The summed E-state index contributed by atoms with van der Waals surface area (Å²) in [6.45, 7) is 6.71. The highest BCUT2D eigenvalue weighted by atomic mass is 32.1. The summed E-state index contributed by atoms with van der Waals surface area (Å²) in [5.41, 5.74) is 2.85. The third kappa shape index (κ3) is 2.04. The van der Waals surface area contributed by atoms with Gasteiger partial charge >= 0.3 is 0 Å². The Balaban J connectivity index is 1.85. The van der Waals surface area contributed by atoms with Crippen LogP contribution in [-0.2, 0) is 0 Å². The quantitative estimate of drug-likeness (QED) is 0.877. The number of thiazole rings is 1. The van der Waals surface area contributed by atoms with E-state index in [1.165, 1.54) is 23.2 Å². The van der Waals surface area contributed by atoms with Crippen molar-refractivity contribution >= 4 is 27.2 Å². The monoisotopic (exact) mass is 246 g/mol. The van der Waals surface area contributed by atoms with E-state index in [4.69, 9.17) is 0 Å². The molecule has 90 valence electrons. The Hall–Kier alpha value is -1.09. The number of aromatic nitrogens is 1. The summed E-state index contributed by atoms with van der Waals surface area (Å²) in [5.74, 6) is 0. The highest BCUT2D eigenvalue weighted by Gasteiger charge is 2.42. The molecule has 1 aliphatic carbocycles. The molecule has 1 unspecified atom stereocenters. The molecular weight excluding hydrogens is 228 g/mol. The molecule has 1 atom stereocenters. The van der Waals surface area contributed by atoms with Crippen molar-refractivity contribution in [2.75, 3.05) is 5.32 Å². The van der Waals surface area contributed by atoms with Crippen LogP contribution in [0.1, 0.15) is 31.7 Å². The lowest BCUT2D eigenvalue weighted by Gasteiger charge is -2.21. The van der Waals surface area contributed by atoms with Gasteiger partial charge < -0.3 is 5.32 Å². The lowest BCUT2D eigenvalue weighted by molar-refractivity contribution is 0.493. The van der Waals surface area contributed by atoms with Crippen molar-refractivity contribution in [2.45, 2.75) is 39.7 Å². The molecular formula is C14H18N2S. The van der Waals surface area contributed by atoms with Crippen LogP contribution in [0, 0.1) is 12.3 Å². The molecule has 1 aromatic heterocycles. The first-order valence-corrected chi connectivity index (χ1v) is 7.02. The molecule has 17 heavy (non-hydrogen) atoms. The minimum Gasteiger partial charge on any atom is -0.382 e. The molecule has 0 spiro atoms. The maximum Gasteiger partial charge on any atom is 0.0907 e. The average Bonchev–Trinajstić information content (AvgIpc) is 2.91. The van der Waals surface area contributed by atoms with Gasteiger partial charge in [-0.25, -0.2) is 4.98 Å². The van der Waals surface area contributed by atoms with Crippen molar-refractivity contribution in [3.8, 4) is 0 Å². The number of fused-ring (bicyclic) bond motifs is 1. The summed E-state index contributed by atoms with van der Waals surface area (Å²) in [6.07, 6.45) is 2.70. The summed E-state index contributed by atoms with van der Waals surface area (Å²) >= 11 is 1.77. The topological polar surface area (TPSA) is 24.9 Å². The first-order valence-electron chi connectivity index (χ1n) is 6.21. The van der Waals surface area contributed by atoms with Crippen LogP contribution in [-0.4, -0.2) is 11.0 Å². The molecule has 1 fully saturated rings. The van der Waals surface area contributed by atoms with Crippen molar-refractivity contribution in [1.82, 2.24) is 4.98 Å². The van der Waals surface area contributed by atoms with Gasteiger partial charge in [0.15, 0.2) is 0 Å². The number of aryl methyl sites for hydroxylation is 1. The third-order valence-electron chi connectivity index (χ3n) is 3.96. The molecule has 0 aliphatic heterocycles. The van der Waals surface area contributed by atoms with Crippen molar-refractivity contribution in [1.29, 1.82) is 0 Å². The molecule has 3 heteroatoms. The second kappa shape index (κ2) is 3.70. The molecule has 1 N–H and O–H groups in total. The molecule has 2 aromatic rings. The predicted molar refractivity (Wildman–Crippen MR) is 74.8 cm³/mol. The number of nitrogens with zero attached hydrogens (tertiary/aromatic N) is 1. The van der Waals surface area contributed by atoms with E-state index in [9.17, 15) is 0 Å². The highest BCUT2D eigenvalue weighted by molar-refractivity contribution is 7.18. The van der Waals surface area contributed by atoms with Gasteiger partial charge in [0, 0.05) is 11.7 Å². The summed E-state index contributed by atoms with van der Waals surface area (Å²) in [7, 11) is 0. The van der Waals surface area contributed by atoms with E-state index in [0.29, 0.717) is 11.5 Å². The van der Waals surface area contributed by atoms with E-state index in [-0.39, 0.29) is 0 Å². The molecule has 1 aliphatic rings. The van der Waals surface area contributed by atoms with Crippen molar-refractivity contribution in [2.24, 2.45) is 5.41 Å². The van der Waals surface area contributed by atoms with Gasteiger partial charge in [-0.2, -0.15) is 0 Å². The number of anilines is 1. The van der Waals surface area contributed by atoms with E-state index >= 15 is 0 Å². The minimum atomic E-state index is 0.512. The summed E-state index contributed by atoms with van der Waals surface area (Å²) in [5, 5.41) is 4.76. The first-order chi connectivity index (χ1) is 8.07. The van der Waals surface area contributed by atoms with Crippen LogP contribution in [0.25, 0.3) is 10.2 Å². The van der Waals surface area contributed by atoms with Crippen LogP contribution in [0.2, 0.25) is 0 Å². The normalized spacial score (nSPS) is 19.2. The van der Waals surface area contributed by atoms with Crippen LogP contribution >= 0.6 is 11.3 Å². The fourth-order valence-corrected chi connectivity index (χ4v) is 3.05. The summed E-state index contributed by atoms with van der Waals surface area (Å²) in [6, 6.07) is 7.03. The minimum absolute atomic E-state index is 0.512. The standard InChI is InChI=1S/C14H18N2S/c1-9(14(3)6-7-14)15-11-4-5-12-13(8-11)17-10(2)16-12/h4-5,8-9,15H,6-7H2,1-3H3. The number of benzene rings is 1. The summed E-state index contributed by atoms with van der Waals surface area (Å²) < 4.78 is 1.28. The maximum absolute atomic E-state index is 4.49. The van der Waals surface area contributed by atoms with Gasteiger partial charge in [-0.1, -0.05) is 6.92 Å². The third-order valence-corrected chi connectivity index (χ3v) is 4.90. The maximum atomic E-state index is 4.49. The highest BCUT2D eigenvalue weighted by Crippen LogP contribution is 2.48. The van der Waals surface area contributed by atoms with Crippen LogP contribution < -0.4 is 5.32 Å². The Labute approximate surface area is 106 Å². The molecule has 1 heterocycles. The zero-order valence-electron chi connectivity index (χ0n) is 10.6. The SMILES string of the molecule is Cc1nc2ccc(NC(C)C3(C)CC3)cc2s1. The first kappa shape index (κ1) is 11.0. The van der Waals surface area contributed by atoms with Crippen LogP contribution in [0.3, 0.4) is 0 Å². The Morgan fingerprint density at radius 1 is 1.41 bits per heavy atom. The van der Waals surface area contributed by atoms with E-state index < -0.39 is 0 Å². The van der Waals surface area contributed by atoms with Crippen molar-refractivity contribution < 1.29 is 0 Å². The molecule has 0 amide bonds. The van der Waals surface area contributed by atoms with E-state index in [2.05, 4.69) is 49.3 Å². The predicted octanol–water partition coefficient (Wildman–Crippen LogP) is 4.21. The Bertz CT molecular complexity index is 554. The van der Waals surface area contributed by atoms with Gasteiger partial charge in [0.2, 0.25) is 0 Å². The van der Waals surface area contributed by atoms with E-state index in [0.717, 1.165) is 10.5 Å². The van der Waals surface area contributed by atoms with Gasteiger partial charge in [-0.15, -0.1) is 11.3 Å².